The first-order valence-electron chi connectivity index (χ1n) is 6.26. The topological polar surface area (TPSA) is 117 Å². The number of carboxylic acid groups (broad SMARTS) is 1. The van der Waals surface area contributed by atoms with E-state index in [1.54, 1.807) is 19.9 Å². The molecular weight excluding hydrogens is 262 g/mol. The van der Waals surface area contributed by atoms with Crippen molar-refractivity contribution in [1.29, 1.82) is 0 Å². The molecule has 2 unspecified atom stereocenters. The second-order valence-corrected chi connectivity index (χ2v) is 5.00. The summed E-state index contributed by atoms with van der Waals surface area (Å²) >= 11 is 0. The lowest BCUT2D eigenvalue weighted by Crippen LogP contribution is -2.37. The highest BCUT2D eigenvalue weighted by atomic mass is 16.4. The normalized spacial score (nSPS) is 22.1. The van der Waals surface area contributed by atoms with Crippen LogP contribution in [-0.2, 0) is 4.79 Å². The number of rotatable bonds is 3. The van der Waals surface area contributed by atoms with Gasteiger partial charge in [0.25, 0.3) is 5.91 Å². The van der Waals surface area contributed by atoms with E-state index in [0.29, 0.717) is 17.1 Å². The first kappa shape index (κ1) is 14.3. The molecule has 0 aliphatic carbocycles. The number of aliphatic hydroxyl groups excluding tert-OH is 1. The summed E-state index contributed by atoms with van der Waals surface area (Å²) in [5.74, 6) is -1.69. The number of carbonyl (C=O) groups is 2. The van der Waals surface area contributed by atoms with Crippen molar-refractivity contribution in [2.75, 3.05) is 11.4 Å². The molecule has 2 heterocycles. The number of nitrogens with two attached hydrogens (primary N) is 1. The molecule has 0 saturated carbocycles. The average Bonchev–Trinajstić information content (AvgIpc) is 2.69. The number of aryl methyl sites for hydroxylation is 2. The lowest BCUT2D eigenvalue weighted by atomic mass is 10.1. The Kier molecular flexibility index (Phi) is 3.63. The van der Waals surface area contributed by atoms with Crippen LogP contribution in [0.3, 0.4) is 0 Å². The fourth-order valence-corrected chi connectivity index (χ4v) is 2.65. The Bertz CT molecular complexity index is 573. The maximum Gasteiger partial charge on any atom is 0.326 e. The van der Waals surface area contributed by atoms with Crippen LogP contribution >= 0.6 is 0 Å². The zero-order valence-electron chi connectivity index (χ0n) is 11.3. The minimum atomic E-state index is -1.04. The molecule has 1 aromatic heterocycles. The molecule has 1 saturated heterocycles. The van der Waals surface area contributed by atoms with E-state index in [4.69, 9.17) is 5.73 Å². The molecular formula is C13H17N3O4. The van der Waals surface area contributed by atoms with Crippen molar-refractivity contribution in [3.8, 4) is 0 Å². The number of aliphatic hydroxyl groups is 1. The fourth-order valence-electron chi connectivity index (χ4n) is 2.65. The lowest BCUT2D eigenvalue weighted by Gasteiger charge is -2.26. The van der Waals surface area contributed by atoms with Gasteiger partial charge in [0.15, 0.2) is 0 Å². The number of aliphatic carboxylic acids is 1. The van der Waals surface area contributed by atoms with E-state index in [1.807, 2.05) is 0 Å². The van der Waals surface area contributed by atoms with Gasteiger partial charge in [0.1, 0.15) is 6.04 Å². The van der Waals surface area contributed by atoms with Gasteiger partial charge in [-0.05, 0) is 19.9 Å². The minimum absolute atomic E-state index is 0.119. The molecule has 1 aliphatic heterocycles. The maximum atomic E-state index is 11.6. The van der Waals surface area contributed by atoms with E-state index in [-0.39, 0.29) is 18.5 Å². The van der Waals surface area contributed by atoms with Gasteiger partial charge in [-0.3, -0.25) is 9.78 Å². The van der Waals surface area contributed by atoms with E-state index < -0.39 is 24.0 Å². The predicted molar refractivity (Wildman–Crippen MR) is 71.6 cm³/mol. The Balaban J connectivity index is 2.56. The molecule has 7 heteroatoms. The number of carbonyl (C=O) groups excluding carboxylic acids is 1. The summed E-state index contributed by atoms with van der Waals surface area (Å²) in [6.07, 6.45) is -0.626. The molecule has 2 rings (SSSR count). The molecule has 20 heavy (non-hydrogen) atoms. The van der Waals surface area contributed by atoms with Crippen molar-refractivity contribution < 1.29 is 19.8 Å². The van der Waals surface area contributed by atoms with E-state index in [1.165, 1.54) is 4.90 Å². The highest BCUT2D eigenvalue weighted by Crippen LogP contribution is 2.30. The highest BCUT2D eigenvalue weighted by Gasteiger charge is 2.38. The standard InChI is InChI=1S/C13H17N3O4/c1-6-3-9(11(12(14)18)7(2)15-6)16-5-8(17)4-10(16)13(19)20/h3,8,10,17H,4-5H2,1-2H3,(H2,14,18)(H,19,20). The zero-order chi connectivity index (χ0) is 15.0. The number of pyridine rings is 1. The van der Waals surface area contributed by atoms with Gasteiger partial charge >= 0.3 is 5.97 Å². The Morgan fingerprint density at radius 2 is 2.10 bits per heavy atom. The van der Waals surface area contributed by atoms with E-state index >= 15 is 0 Å². The van der Waals surface area contributed by atoms with Gasteiger partial charge in [0, 0.05) is 18.7 Å². The fraction of sp³-hybridized carbons (Fsp3) is 0.462. The third-order valence-corrected chi connectivity index (χ3v) is 3.43. The van der Waals surface area contributed by atoms with Crippen LogP contribution in [0, 0.1) is 13.8 Å². The monoisotopic (exact) mass is 279 g/mol. The van der Waals surface area contributed by atoms with Gasteiger partial charge in [-0.2, -0.15) is 0 Å². The zero-order valence-corrected chi connectivity index (χ0v) is 11.3. The van der Waals surface area contributed by atoms with E-state index in [2.05, 4.69) is 4.98 Å². The van der Waals surface area contributed by atoms with Gasteiger partial charge in [0.05, 0.1) is 23.0 Å². The largest absolute Gasteiger partial charge is 0.480 e. The van der Waals surface area contributed by atoms with Gasteiger partial charge in [-0.15, -0.1) is 0 Å². The van der Waals surface area contributed by atoms with Gasteiger partial charge < -0.3 is 20.8 Å². The summed E-state index contributed by atoms with van der Waals surface area (Å²) in [4.78, 5) is 28.6. The molecule has 7 nitrogen and oxygen atoms in total. The van der Waals surface area contributed by atoms with Crippen LogP contribution in [-0.4, -0.2) is 45.8 Å². The Labute approximate surface area is 116 Å². The number of hydrogen-bond donors (Lipinski definition) is 3. The van der Waals surface area contributed by atoms with Crippen molar-refractivity contribution >= 4 is 17.6 Å². The summed E-state index contributed by atoms with van der Waals surface area (Å²) in [7, 11) is 0. The molecule has 1 aliphatic rings. The first-order chi connectivity index (χ1) is 9.31. The Hall–Kier alpha value is -2.15. The van der Waals surface area contributed by atoms with Crippen molar-refractivity contribution in [1.82, 2.24) is 4.98 Å². The number of nitrogens with zero attached hydrogens (tertiary/aromatic N) is 2. The van der Waals surface area contributed by atoms with Crippen LogP contribution in [0.1, 0.15) is 28.2 Å². The van der Waals surface area contributed by atoms with Crippen molar-refractivity contribution in [2.45, 2.75) is 32.4 Å². The van der Waals surface area contributed by atoms with E-state index in [0.717, 1.165) is 0 Å². The third kappa shape index (κ3) is 2.44. The molecule has 4 N–H and O–H groups in total. The van der Waals surface area contributed by atoms with Crippen molar-refractivity contribution in [2.24, 2.45) is 5.73 Å². The minimum Gasteiger partial charge on any atom is -0.480 e. The van der Waals surface area contributed by atoms with Crippen LogP contribution < -0.4 is 10.6 Å². The van der Waals surface area contributed by atoms with Crippen LogP contribution in [0.15, 0.2) is 6.07 Å². The molecule has 0 spiro atoms. The maximum absolute atomic E-state index is 11.6. The van der Waals surface area contributed by atoms with Crippen molar-refractivity contribution in [3.05, 3.63) is 23.0 Å². The lowest BCUT2D eigenvalue weighted by molar-refractivity contribution is -0.138. The predicted octanol–water partition coefficient (Wildman–Crippen LogP) is -0.178. The smallest absolute Gasteiger partial charge is 0.326 e. The van der Waals surface area contributed by atoms with Gasteiger partial charge in [-0.25, -0.2) is 4.79 Å². The van der Waals surface area contributed by atoms with Crippen LogP contribution in [0.5, 0.6) is 0 Å². The van der Waals surface area contributed by atoms with Crippen LogP contribution in [0.2, 0.25) is 0 Å². The highest BCUT2D eigenvalue weighted by molar-refractivity contribution is 6.00. The molecule has 2 atom stereocenters. The van der Waals surface area contributed by atoms with Crippen LogP contribution in [0.4, 0.5) is 5.69 Å². The van der Waals surface area contributed by atoms with E-state index in [9.17, 15) is 19.8 Å². The summed E-state index contributed by atoms with van der Waals surface area (Å²) in [6.45, 7) is 3.56. The Morgan fingerprint density at radius 1 is 1.45 bits per heavy atom. The van der Waals surface area contributed by atoms with Gasteiger partial charge in [-0.1, -0.05) is 0 Å². The molecule has 0 bridgehead atoms. The number of primary amides is 1. The molecule has 1 fully saturated rings. The summed E-state index contributed by atoms with van der Waals surface area (Å²) in [5, 5.41) is 19.0. The number of amides is 1. The number of aromatic nitrogens is 1. The SMILES string of the molecule is Cc1cc(N2CC(O)CC2C(=O)O)c(C(N)=O)c(C)n1. The number of anilines is 1. The average molecular weight is 279 g/mol. The van der Waals surface area contributed by atoms with Crippen LogP contribution in [0.25, 0.3) is 0 Å². The molecule has 0 aromatic carbocycles. The van der Waals surface area contributed by atoms with Gasteiger partial charge in [0.2, 0.25) is 0 Å². The second-order valence-electron chi connectivity index (χ2n) is 5.00. The van der Waals surface area contributed by atoms with Crippen molar-refractivity contribution in [3.63, 3.8) is 0 Å². The first-order valence-corrected chi connectivity index (χ1v) is 6.26. The summed E-state index contributed by atoms with van der Waals surface area (Å²) in [6, 6.07) is 0.755. The summed E-state index contributed by atoms with van der Waals surface area (Å²) < 4.78 is 0. The third-order valence-electron chi connectivity index (χ3n) is 3.43. The molecule has 0 radical (unpaired) electrons. The Morgan fingerprint density at radius 3 is 2.65 bits per heavy atom. The second kappa shape index (κ2) is 5.09. The molecule has 108 valence electrons. The summed E-state index contributed by atoms with van der Waals surface area (Å²) in [5.41, 5.74) is 7.12. The quantitative estimate of drug-likeness (QED) is 0.706. The molecule has 1 amide bonds. The number of carboxylic acids is 1. The number of hydrogen-bond acceptors (Lipinski definition) is 5. The number of β-amino-alcohol motifs (C(OH)–C–C–N with tert-alkyl or cyclic N) is 1. The molecule has 1 aromatic rings.